The van der Waals surface area contributed by atoms with E-state index in [0.717, 1.165) is 35.8 Å². The molecular weight excluding hydrogens is 383 g/mol. The molecule has 7 heteroatoms. The summed E-state index contributed by atoms with van der Waals surface area (Å²) in [5.41, 5.74) is 9.70. The van der Waals surface area contributed by atoms with Crippen molar-refractivity contribution in [1.82, 2.24) is 14.9 Å². The fraction of sp³-hybridized carbons (Fsp3) is 0.391. The molecule has 0 unspecified atom stereocenters. The lowest BCUT2D eigenvalue weighted by Crippen LogP contribution is -2.38. The maximum absolute atomic E-state index is 14.3. The van der Waals surface area contributed by atoms with Gasteiger partial charge in [0.2, 0.25) is 0 Å². The maximum Gasteiger partial charge on any atom is 0.270 e. The third-order valence-corrected chi connectivity index (χ3v) is 5.95. The molecule has 4 rings (SSSR count). The number of ether oxygens (including phenoxy) is 1. The van der Waals surface area contributed by atoms with Gasteiger partial charge < -0.3 is 20.4 Å². The second-order valence-electron chi connectivity index (χ2n) is 7.78. The highest BCUT2D eigenvalue weighted by atomic mass is 19.1. The highest BCUT2D eigenvalue weighted by molar-refractivity contribution is 5.98. The number of aromatic amines is 1. The number of nitrogens with one attached hydrogen (secondary N) is 1. The largest absolute Gasteiger partial charge is 0.384 e. The Bertz CT molecular complexity index is 1040. The predicted molar refractivity (Wildman–Crippen MR) is 114 cm³/mol. The molecule has 1 aromatic carbocycles. The lowest BCUT2D eigenvalue weighted by atomic mass is 9.88. The molecule has 6 nitrogen and oxygen atoms in total. The normalized spacial score (nSPS) is 15.1. The second kappa shape index (κ2) is 8.93. The molecule has 0 atom stereocenters. The number of methoxy groups -OCH3 is 1. The maximum atomic E-state index is 14.3. The lowest BCUT2D eigenvalue weighted by molar-refractivity contribution is 0.0707. The van der Waals surface area contributed by atoms with Crippen LogP contribution in [0, 0.1) is 5.82 Å². The Morgan fingerprint density at radius 1 is 1.30 bits per heavy atom. The first kappa shape index (κ1) is 20.5. The zero-order valence-corrected chi connectivity index (χ0v) is 17.2. The van der Waals surface area contributed by atoms with Gasteiger partial charge in [0, 0.05) is 38.3 Å². The molecule has 1 fully saturated rings. The van der Waals surface area contributed by atoms with Crippen LogP contribution in [0.25, 0.3) is 11.0 Å². The molecule has 158 valence electrons. The topological polar surface area (TPSA) is 84.2 Å². The number of nitrogens with zero attached hydrogens (tertiary/aromatic N) is 2. The standard InChI is InChI=1S/C23H27FN4O2/c1-30-11-7-16-4-8-26-22-19(16)13-21(27-22)23(29)28-9-5-17(6-10-28)18-12-15(14-25)2-3-20(18)24/h2-4,8,12-13,17H,5-7,9-11,14,25H2,1H3,(H,26,27). The Kier molecular flexibility index (Phi) is 6.11. The first-order valence-corrected chi connectivity index (χ1v) is 10.3. The van der Waals surface area contributed by atoms with E-state index in [0.29, 0.717) is 43.1 Å². The van der Waals surface area contributed by atoms with Gasteiger partial charge in [-0.3, -0.25) is 4.79 Å². The Hall–Kier alpha value is -2.77. The number of carbonyl (C=O) groups is 1. The number of halogens is 1. The highest BCUT2D eigenvalue weighted by Crippen LogP contribution is 2.31. The van der Waals surface area contributed by atoms with Gasteiger partial charge in [-0.2, -0.15) is 0 Å². The van der Waals surface area contributed by atoms with Crippen molar-refractivity contribution in [2.24, 2.45) is 5.73 Å². The molecule has 1 amide bonds. The molecule has 30 heavy (non-hydrogen) atoms. The van der Waals surface area contributed by atoms with Crippen LogP contribution in [0.1, 0.15) is 45.9 Å². The van der Waals surface area contributed by atoms with Gasteiger partial charge >= 0.3 is 0 Å². The number of aromatic nitrogens is 2. The number of hydrogen-bond acceptors (Lipinski definition) is 4. The van der Waals surface area contributed by atoms with Crippen LogP contribution >= 0.6 is 0 Å². The fourth-order valence-corrected chi connectivity index (χ4v) is 4.22. The van der Waals surface area contributed by atoms with Crippen LogP contribution in [-0.4, -0.2) is 47.6 Å². The van der Waals surface area contributed by atoms with Gasteiger partial charge in [-0.25, -0.2) is 9.37 Å². The molecule has 0 aliphatic carbocycles. The number of carbonyl (C=O) groups excluding carboxylic acids is 1. The van der Waals surface area contributed by atoms with Gasteiger partial charge in [-0.15, -0.1) is 0 Å². The number of hydrogen-bond donors (Lipinski definition) is 2. The van der Waals surface area contributed by atoms with E-state index in [1.807, 2.05) is 23.1 Å². The third kappa shape index (κ3) is 4.08. The van der Waals surface area contributed by atoms with Crippen LogP contribution < -0.4 is 5.73 Å². The number of piperidine rings is 1. The van der Waals surface area contributed by atoms with E-state index in [2.05, 4.69) is 9.97 Å². The van der Waals surface area contributed by atoms with Crippen LogP contribution in [0.3, 0.4) is 0 Å². The summed E-state index contributed by atoms with van der Waals surface area (Å²) in [6.07, 6.45) is 3.97. The summed E-state index contributed by atoms with van der Waals surface area (Å²) in [7, 11) is 1.67. The minimum atomic E-state index is -0.192. The molecule has 1 aliphatic rings. The first-order chi connectivity index (χ1) is 14.6. The molecule has 0 bridgehead atoms. The summed E-state index contributed by atoms with van der Waals surface area (Å²) in [6, 6.07) is 8.92. The third-order valence-electron chi connectivity index (χ3n) is 5.95. The average molecular weight is 410 g/mol. The SMILES string of the molecule is COCCc1ccnc2[nH]c(C(=O)N3CCC(c4cc(CN)ccc4F)CC3)cc12. The fourth-order valence-electron chi connectivity index (χ4n) is 4.22. The summed E-state index contributed by atoms with van der Waals surface area (Å²) in [5.74, 6) is -0.131. The zero-order valence-electron chi connectivity index (χ0n) is 17.2. The molecule has 2 aromatic heterocycles. The quantitative estimate of drug-likeness (QED) is 0.653. The first-order valence-electron chi connectivity index (χ1n) is 10.3. The van der Waals surface area contributed by atoms with Crippen LogP contribution in [0.4, 0.5) is 4.39 Å². The smallest absolute Gasteiger partial charge is 0.270 e. The number of pyridine rings is 1. The number of amides is 1. The molecule has 0 saturated carbocycles. The van der Waals surface area contributed by atoms with Gasteiger partial charge in [-0.05, 0) is 60.1 Å². The molecule has 3 aromatic rings. The van der Waals surface area contributed by atoms with Crippen molar-refractivity contribution in [3.8, 4) is 0 Å². The summed E-state index contributed by atoms with van der Waals surface area (Å²) in [6.45, 7) is 2.19. The van der Waals surface area contributed by atoms with E-state index in [-0.39, 0.29) is 17.6 Å². The van der Waals surface area contributed by atoms with Crippen LogP contribution in [0.2, 0.25) is 0 Å². The van der Waals surface area contributed by atoms with E-state index in [1.54, 1.807) is 19.4 Å². The Morgan fingerprint density at radius 3 is 2.83 bits per heavy atom. The molecule has 3 N–H and O–H groups in total. The van der Waals surface area contributed by atoms with Gasteiger partial charge in [0.25, 0.3) is 5.91 Å². The van der Waals surface area contributed by atoms with Crippen molar-refractivity contribution < 1.29 is 13.9 Å². The zero-order chi connectivity index (χ0) is 21.1. The van der Waals surface area contributed by atoms with Gasteiger partial charge in [-0.1, -0.05) is 12.1 Å². The molecule has 0 spiro atoms. The highest BCUT2D eigenvalue weighted by Gasteiger charge is 2.27. The van der Waals surface area contributed by atoms with Gasteiger partial charge in [0.15, 0.2) is 0 Å². The number of benzene rings is 1. The van der Waals surface area contributed by atoms with Crippen molar-refractivity contribution in [2.45, 2.75) is 31.7 Å². The minimum Gasteiger partial charge on any atom is -0.384 e. The van der Waals surface area contributed by atoms with Gasteiger partial charge in [0.1, 0.15) is 17.2 Å². The lowest BCUT2D eigenvalue weighted by Gasteiger charge is -2.32. The van der Waals surface area contributed by atoms with E-state index in [1.165, 1.54) is 6.07 Å². The van der Waals surface area contributed by atoms with Crippen molar-refractivity contribution in [3.05, 3.63) is 64.7 Å². The van der Waals surface area contributed by atoms with E-state index >= 15 is 0 Å². The average Bonchev–Trinajstić information content (AvgIpc) is 3.22. The number of H-pyrrole nitrogens is 1. The van der Waals surface area contributed by atoms with E-state index in [9.17, 15) is 9.18 Å². The summed E-state index contributed by atoms with van der Waals surface area (Å²) < 4.78 is 19.5. The van der Waals surface area contributed by atoms with Crippen molar-refractivity contribution in [1.29, 1.82) is 0 Å². The number of fused-ring (bicyclic) bond motifs is 1. The van der Waals surface area contributed by atoms with E-state index < -0.39 is 0 Å². The predicted octanol–water partition coefficient (Wildman–Crippen LogP) is 3.37. The molecular formula is C23H27FN4O2. The summed E-state index contributed by atoms with van der Waals surface area (Å²) in [5, 5.41) is 0.952. The molecule has 1 aliphatic heterocycles. The van der Waals surface area contributed by atoms with E-state index in [4.69, 9.17) is 10.5 Å². The Balaban J connectivity index is 1.47. The van der Waals surface area contributed by atoms with Crippen LogP contribution in [-0.2, 0) is 17.7 Å². The summed E-state index contributed by atoms with van der Waals surface area (Å²) >= 11 is 0. The Morgan fingerprint density at radius 2 is 2.10 bits per heavy atom. The number of rotatable bonds is 6. The van der Waals surface area contributed by atoms with Crippen LogP contribution in [0.15, 0.2) is 36.5 Å². The number of likely N-dealkylation sites (tertiary alicyclic amines) is 1. The summed E-state index contributed by atoms with van der Waals surface area (Å²) in [4.78, 5) is 22.4. The van der Waals surface area contributed by atoms with Crippen LogP contribution in [0.5, 0.6) is 0 Å². The second-order valence-corrected chi connectivity index (χ2v) is 7.78. The molecule has 0 radical (unpaired) electrons. The minimum absolute atomic E-state index is 0.0414. The molecule has 1 saturated heterocycles. The number of nitrogens with two attached hydrogens (primary N) is 1. The van der Waals surface area contributed by atoms with Crippen molar-refractivity contribution in [3.63, 3.8) is 0 Å². The van der Waals surface area contributed by atoms with Crippen molar-refractivity contribution >= 4 is 16.9 Å². The van der Waals surface area contributed by atoms with Gasteiger partial charge in [0.05, 0.1) is 6.61 Å². The van der Waals surface area contributed by atoms with Crippen molar-refractivity contribution in [2.75, 3.05) is 26.8 Å². The Labute approximate surface area is 175 Å². The monoisotopic (exact) mass is 410 g/mol. The molecule has 3 heterocycles.